The summed E-state index contributed by atoms with van der Waals surface area (Å²) >= 11 is 0. The Kier molecular flexibility index (Phi) is 7.35. The summed E-state index contributed by atoms with van der Waals surface area (Å²) in [7, 11) is 0. The molecule has 0 unspecified atom stereocenters. The Balaban J connectivity index is 2.69. The van der Waals surface area contributed by atoms with Crippen LogP contribution in [0.4, 0.5) is 5.69 Å². The fourth-order valence-electron chi connectivity index (χ4n) is 1.76. The van der Waals surface area contributed by atoms with Gasteiger partial charge < -0.3 is 10.1 Å². The molecule has 20 heavy (non-hydrogen) atoms. The van der Waals surface area contributed by atoms with Crippen molar-refractivity contribution in [1.29, 1.82) is 0 Å². The highest BCUT2D eigenvalue weighted by Crippen LogP contribution is 2.28. The van der Waals surface area contributed by atoms with E-state index in [2.05, 4.69) is 18.8 Å². The van der Waals surface area contributed by atoms with Crippen LogP contribution >= 0.6 is 0 Å². The molecule has 110 valence electrons. The Morgan fingerprint density at radius 2 is 2.30 bits per heavy atom. The van der Waals surface area contributed by atoms with Crippen molar-refractivity contribution in [2.75, 3.05) is 13.2 Å². The lowest BCUT2D eigenvalue weighted by Crippen LogP contribution is -2.14. The van der Waals surface area contributed by atoms with Crippen LogP contribution in [0.25, 0.3) is 0 Å². The highest BCUT2D eigenvalue weighted by molar-refractivity contribution is 5.48. The first kappa shape index (κ1) is 16.2. The monoisotopic (exact) mass is 278 g/mol. The maximum Gasteiger partial charge on any atom is 0.311 e. The summed E-state index contributed by atoms with van der Waals surface area (Å²) in [4.78, 5) is 10.7. The molecular weight excluding hydrogens is 256 g/mol. The van der Waals surface area contributed by atoms with Gasteiger partial charge in [-0.05, 0) is 37.4 Å². The van der Waals surface area contributed by atoms with Gasteiger partial charge in [0.2, 0.25) is 0 Å². The summed E-state index contributed by atoms with van der Waals surface area (Å²) in [5.41, 5.74) is 0.919. The van der Waals surface area contributed by atoms with E-state index in [1.54, 1.807) is 18.2 Å². The standard InChI is InChI=1S/C15H22N2O3/c1-3-5-6-10-20-15-8-7-13(12-16-9-4-2)11-14(15)17(18)19/h3,7-8,11,16H,1,4-6,9-10,12H2,2H3. The molecule has 0 aliphatic carbocycles. The van der Waals surface area contributed by atoms with Crippen LogP contribution in [0.5, 0.6) is 5.75 Å². The van der Waals surface area contributed by atoms with Crippen LogP contribution in [-0.2, 0) is 6.54 Å². The van der Waals surface area contributed by atoms with E-state index < -0.39 is 4.92 Å². The number of hydrogen-bond donors (Lipinski definition) is 1. The summed E-state index contributed by atoms with van der Waals surface area (Å²) in [5.74, 6) is 0.332. The fraction of sp³-hybridized carbons (Fsp3) is 0.467. The van der Waals surface area contributed by atoms with E-state index in [9.17, 15) is 10.1 Å². The lowest BCUT2D eigenvalue weighted by atomic mass is 10.2. The third-order valence-corrected chi connectivity index (χ3v) is 2.79. The zero-order valence-electron chi connectivity index (χ0n) is 11.9. The molecule has 5 nitrogen and oxygen atoms in total. The van der Waals surface area contributed by atoms with Crippen LogP contribution in [0.3, 0.4) is 0 Å². The number of nitrogens with zero attached hydrogens (tertiary/aromatic N) is 1. The predicted molar refractivity (Wildman–Crippen MR) is 80.0 cm³/mol. The average Bonchev–Trinajstić information content (AvgIpc) is 2.44. The molecule has 1 aromatic rings. The number of nitro benzene ring substituents is 1. The van der Waals surface area contributed by atoms with Crippen LogP contribution in [0.2, 0.25) is 0 Å². The van der Waals surface area contributed by atoms with E-state index in [1.165, 1.54) is 0 Å². The molecule has 0 bridgehead atoms. The second-order valence-electron chi connectivity index (χ2n) is 4.52. The van der Waals surface area contributed by atoms with Crippen LogP contribution in [0, 0.1) is 10.1 Å². The maximum atomic E-state index is 11.1. The topological polar surface area (TPSA) is 64.4 Å². The quantitative estimate of drug-likeness (QED) is 0.308. The largest absolute Gasteiger partial charge is 0.487 e. The minimum Gasteiger partial charge on any atom is -0.487 e. The van der Waals surface area contributed by atoms with Crippen molar-refractivity contribution in [3.05, 3.63) is 46.5 Å². The summed E-state index contributed by atoms with van der Waals surface area (Å²) in [5, 5.41) is 14.3. The van der Waals surface area contributed by atoms with Gasteiger partial charge in [0.15, 0.2) is 5.75 Å². The Morgan fingerprint density at radius 1 is 1.50 bits per heavy atom. The van der Waals surface area contributed by atoms with E-state index in [1.807, 2.05) is 6.07 Å². The molecule has 0 saturated heterocycles. The van der Waals surface area contributed by atoms with Gasteiger partial charge in [-0.15, -0.1) is 6.58 Å². The van der Waals surface area contributed by atoms with E-state index in [-0.39, 0.29) is 5.69 Å². The zero-order valence-corrected chi connectivity index (χ0v) is 11.9. The SMILES string of the molecule is C=CCCCOc1ccc(CNCCC)cc1[N+](=O)[O-]. The maximum absolute atomic E-state index is 11.1. The van der Waals surface area contributed by atoms with Crippen molar-refractivity contribution in [3.8, 4) is 5.75 Å². The smallest absolute Gasteiger partial charge is 0.311 e. The Hall–Kier alpha value is -1.88. The number of unbranched alkanes of at least 4 members (excludes halogenated alkanes) is 1. The molecule has 1 aromatic carbocycles. The average molecular weight is 278 g/mol. The minimum absolute atomic E-state index is 0.0272. The number of nitro groups is 1. The Morgan fingerprint density at radius 3 is 2.95 bits per heavy atom. The van der Waals surface area contributed by atoms with Crippen LogP contribution in [-0.4, -0.2) is 18.1 Å². The minimum atomic E-state index is -0.397. The molecular formula is C15H22N2O3. The predicted octanol–water partition coefficient (Wildman–Crippen LogP) is 3.44. The molecule has 0 aromatic heterocycles. The molecule has 0 amide bonds. The number of rotatable bonds is 10. The van der Waals surface area contributed by atoms with E-state index >= 15 is 0 Å². The molecule has 0 aliphatic heterocycles. The number of hydrogen-bond acceptors (Lipinski definition) is 4. The molecule has 0 atom stereocenters. The van der Waals surface area contributed by atoms with E-state index in [4.69, 9.17) is 4.74 Å². The summed E-state index contributed by atoms with van der Waals surface area (Å²) < 4.78 is 5.47. The van der Waals surface area contributed by atoms with Gasteiger partial charge in [0.25, 0.3) is 0 Å². The van der Waals surface area contributed by atoms with Gasteiger partial charge in [0, 0.05) is 12.6 Å². The fourth-order valence-corrected chi connectivity index (χ4v) is 1.76. The summed E-state index contributed by atoms with van der Waals surface area (Å²) in [6.07, 6.45) is 4.49. The molecule has 0 saturated carbocycles. The van der Waals surface area contributed by atoms with Crippen molar-refractivity contribution in [1.82, 2.24) is 5.32 Å². The molecule has 1 rings (SSSR count). The molecule has 0 aliphatic rings. The Bertz CT molecular complexity index is 447. The van der Waals surface area contributed by atoms with Gasteiger partial charge >= 0.3 is 5.69 Å². The van der Waals surface area contributed by atoms with Crippen LogP contribution < -0.4 is 10.1 Å². The molecule has 0 spiro atoms. The highest BCUT2D eigenvalue weighted by Gasteiger charge is 2.15. The van der Waals surface area contributed by atoms with Crippen molar-refractivity contribution in [2.24, 2.45) is 0 Å². The molecule has 5 heteroatoms. The van der Waals surface area contributed by atoms with Gasteiger partial charge in [-0.3, -0.25) is 10.1 Å². The number of ether oxygens (including phenoxy) is 1. The number of benzene rings is 1. The lowest BCUT2D eigenvalue weighted by Gasteiger charge is -2.08. The Labute approximate surface area is 119 Å². The van der Waals surface area contributed by atoms with Gasteiger partial charge in [0.05, 0.1) is 11.5 Å². The molecule has 0 heterocycles. The second kappa shape index (κ2) is 9.09. The number of nitrogens with one attached hydrogen (secondary N) is 1. The normalized spacial score (nSPS) is 10.2. The van der Waals surface area contributed by atoms with Gasteiger partial charge in [0.1, 0.15) is 0 Å². The van der Waals surface area contributed by atoms with Crippen molar-refractivity contribution in [3.63, 3.8) is 0 Å². The number of allylic oxidation sites excluding steroid dienone is 1. The summed E-state index contributed by atoms with van der Waals surface area (Å²) in [6, 6.07) is 5.11. The molecule has 0 radical (unpaired) electrons. The van der Waals surface area contributed by atoms with Crippen molar-refractivity contribution in [2.45, 2.75) is 32.7 Å². The van der Waals surface area contributed by atoms with E-state index in [0.29, 0.717) is 18.9 Å². The first-order chi connectivity index (χ1) is 9.69. The van der Waals surface area contributed by atoms with Gasteiger partial charge in [-0.25, -0.2) is 0 Å². The van der Waals surface area contributed by atoms with Crippen molar-refractivity contribution < 1.29 is 9.66 Å². The molecule has 1 N–H and O–H groups in total. The molecule has 0 fully saturated rings. The highest BCUT2D eigenvalue weighted by atomic mass is 16.6. The first-order valence-electron chi connectivity index (χ1n) is 6.90. The third-order valence-electron chi connectivity index (χ3n) is 2.79. The van der Waals surface area contributed by atoms with Gasteiger partial charge in [-0.1, -0.05) is 19.1 Å². The van der Waals surface area contributed by atoms with E-state index in [0.717, 1.165) is 31.4 Å². The lowest BCUT2D eigenvalue weighted by molar-refractivity contribution is -0.385. The third kappa shape index (κ3) is 5.40. The second-order valence-corrected chi connectivity index (χ2v) is 4.52. The summed E-state index contributed by atoms with van der Waals surface area (Å²) in [6.45, 7) is 7.69. The van der Waals surface area contributed by atoms with Crippen molar-refractivity contribution >= 4 is 5.69 Å². The first-order valence-corrected chi connectivity index (χ1v) is 6.90. The van der Waals surface area contributed by atoms with Crippen LogP contribution in [0.1, 0.15) is 31.7 Å². The van der Waals surface area contributed by atoms with Gasteiger partial charge in [-0.2, -0.15) is 0 Å². The zero-order chi connectivity index (χ0) is 14.8. The van der Waals surface area contributed by atoms with Crippen LogP contribution in [0.15, 0.2) is 30.9 Å².